The van der Waals surface area contributed by atoms with Gasteiger partial charge in [-0.05, 0) is 25.7 Å². The van der Waals surface area contributed by atoms with Crippen LogP contribution < -0.4 is 10.6 Å². The fourth-order valence-electron chi connectivity index (χ4n) is 1.51. The van der Waals surface area contributed by atoms with Crippen LogP contribution in [0.15, 0.2) is 0 Å². The Kier molecular flexibility index (Phi) is 12.9. The molecular weight excluding hydrogens is 372 g/mol. The summed E-state index contributed by atoms with van der Waals surface area (Å²) < 4.78 is 18.6. The van der Waals surface area contributed by atoms with Crippen LogP contribution in [0.3, 0.4) is 0 Å². The monoisotopic (exact) mass is 396 g/mol. The van der Waals surface area contributed by atoms with Crippen molar-refractivity contribution in [2.45, 2.75) is 38.8 Å². The minimum absolute atomic E-state index is 0.0378. The smallest absolute Gasteiger partial charge is 0.407 e. The Hall–Kier alpha value is -3.40. The van der Waals surface area contributed by atoms with Crippen LogP contribution in [0.25, 0.3) is 0 Å². The summed E-state index contributed by atoms with van der Waals surface area (Å²) in [6.45, 7) is 3.01. The molecule has 10 heteroatoms. The molecule has 0 radical (unpaired) electrons. The van der Waals surface area contributed by atoms with E-state index in [9.17, 15) is 19.2 Å². The molecule has 0 aliphatic rings. The maximum Gasteiger partial charge on any atom is 0.407 e. The first-order valence-corrected chi connectivity index (χ1v) is 8.29. The van der Waals surface area contributed by atoms with Crippen molar-refractivity contribution in [3.63, 3.8) is 0 Å². The van der Waals surface area contributed by atoms with Crippen LogP contribution in [-0.2, 0) is 28.5 Å². The van der Waals surface area contributed by atoms with Gasteiger partial charge in [0.05, 0.1) is 14.2 Å². The van der Waals surface area contributed by atoms with Crippen LogP contribution in [-0.4, -0.2) is 63.6 Å². The van der Waals surface area contributed by atoms with Gasteiger partial charge in [-0.1, -0.05) is 11.8 Å². The zero-order chi connectivity index (χ0) is 21.4. The highest BCUT2D eigenvalue weighted by molar-refractivity contribution is 5.81. The molecule has 0 rings (SSSR count). The van der Waals surface area contributed by atoms with E-state index in [0.717, 1.165) is 0 Å². The Morgan fingerprint density at radius 1 is 0.750 bits per heavy atom. The van der Waals surface area contributed by atoms with Gasteiger partial charge in [-0.3, -0.25) is 0 Å². The lowest BCUT2D eigenvalue weighted by Crippen LogP contribution is -2.39. The van der Waals surface area contributed by atoms with Gasteiger partial charge < -0.3 is 29.6 Å². The molecule has 0 fully saturated rings. The van der Waals surface area contributed by atoms with Crippen molar-refractivity contribution < 1.29 is 38.1 Å². The number of esters is 2. The zero-order valence-electron chi connectivity index (χ0n) is 16.2. The van der Waals surface area contributed by atoms with E-state index in [1.165, 1.54) is 28.1 Å². The van der Waals surface area contributed by atoms with E-state index in [2.05, 4.69) is 43.8 Å². The van der Waals surface area contributed by atoms with Gasteiger partial charge in [0.1, 0.15) is 25.3 Å². The number of alkyl carbamates (subject to hydrolysis) is 2. The molecule has 0 heterocycles. The summed E-state index contributed by atoms with van der Waals surface area (Å²) in [4.78, 5) is 45.0. The lowest BCUT2D eigenvalue weighted by molar-refractivity contribution is -0.143. The molecule has 0 saturated carbocycles. The normalized spacial score (nSPS) is 11.1. The van der Waals surface area contributed by atoms with E-state index in [1.807, 2.05) is 0 Å². The predicted octanol–water partition coefficient (Wildman–Crippen LogP) is 0.349. The first-order valence-electron chi connectivity index (χ1n) is 8.29. The van der Waals surface area contributed by atoms with Crippen molar-refractivity contribution in [3.8, 4) is 23.7 Å². The summed E-state index contributed by atoms with van der Waals surface area (Å²) in [6, 6.07) is -1.61. The summed E-state index contributed by atoms with van der Waals surface area (Å²) in [5, 5.41) is 4.60. The first-order chi connectivity index (χ1) is 13.3. The predicted molar refractivity (Wildman–Crippen MR) is 96.7 cm³/mol. The molecule has 0 aliphatic carbocycles. The highest BCUT2D eigenvalue weighted by atomic mass is 16.6. The molecule has 154 valence electrons. The van der Waals surface area contributed by atoms with Crippen molar-refractivity contribution in [2.24, 2.45) is 0 Å². The Labute approximate surface area is 163 Å². The Morgan fingerprint density at radius 2 is 1.11 bits per heavy atom. The molecule has 0 aromatic rings. The number of nitrogens with one attached hydrogen (secondary N) is 2. The lowest BCUT2D eigenvalue weighted by atomic mass is 10.3. The van der Waals surface area contributed by atoms with Gasteiger partial charge in [-0.2, -0.15) is 0 Å². The van der Waals surface area contributed by atoms with Crippen molar-refractivity contribution in [2.75, 3.05) is 27.4 Å². The molecule has 0 aromatic carbocycles. The number of hydrogen-bond acceptors (Lipinski definition) is 8. The van der Waals surface area contributed by atoms with Crippen LogP contribution in [0, 0.1) is 23.7 Å². The van der Waals surface area contributed by atoms with Gasteiger partial charge in [0.15, 0.2) is 0 Å². The number of amides is 2. The van der Waals surface area contributed by atoms with Crippen molar-refractivity contribution in [1.29, 1.82) is 0 Å². The van der Waals surface area contributed by atoms with Crippen molar-refractivity contribution >= 4 is 24.1 Å². The summed E-state index contributed by atoms with van der Waals surface area (Å²) in [5.41, 5.74) is 0. The second-order valence-corrected chi connectivity index (χ2v) is 5.15. The van der Waals surface area contributed by atoms with E-state index < -0.39 is 36.2 Å². The average Bonchev–Trinajstić information content (AvgIpc) is 2.67. The standard InChI is InChI=1S/C18H24N2O8/c1-13(15(21)25-3)19-17(23)27-11-9-7-5-6-8-10-12-28-18(24)20-14(2)16(22)26-4/h13-14H,9-12H2,1-4H3,(H,19,23)(H,20,24)/t13-,14-/m0/s1. The van der Waals surface area contributed by atoms with Gasteiger partial charge in [-0.25, -0.2) is 19.2 Å². The maximum atomic E-state index is 11.4. The third-order valence-electron chi connectivity index (χ3n) is 2.94. The summed E-state index contributed by atoms with van der Waals surface area (Å²) in [5.74, 6) is 9.32. The third-order valence-corrected chi connectivity index (χ3v) is 2.94. The Balaban J connectivity index is 3.86. The van der Waals surface area contributed by atoms with Gasteiger partial charge >= 0.3 is 24.1 Å². The average molecular weight is 396 g/mol. The molecule has 28 heavy (non-hydrogen) atoms. The SMILES string of the molecule is COC(=O)[C@H](C)NC(=O)OCCC#CC#CCCOC(=O)N[C@@H](C)C(=O)OC. The summed E-state index contributed by atoms with van der Waals surface area (Å²) in [6.07, 6.45) is -0.969. The number of ether oxygens (including phenoxy) is 4. The number of hydrogen-bond donors (Lipinski definition) is 2. The fraction of sp³-hybridized carbons (Fsp3) is 0.556. The second-order valence-electron chi connectivity index (χ2n) is 5.15. The largest absolute Gasteiger partial charge is 0.467 e. The molecule has 2 amide bonds. The summed E-state index contributed by atoms with van der Waals surface area (Å²) >= 11 is 0. The molecule has 2 atom stereocenters. The second kappa shape index (κ2) is 14.7. The maximum absolute atomic E-state index is 11.4. The van der Waals surface area contributed by atoms with E-state index in [4.69, 9.17) is 9.47 Å². The lowest BCUT2D eigenvalue weighted by Gasteiger charge is -2.10. The van der Waals surface area contributed by atoms with E-state index >= 15 is 0 Å². The molecular formula is C18H24N2O8. The molecule has 0 aliphatic heterocycles. The van der Waals surface area contributed by atoms with Gasteiger partial charge in [0, 0.05) is 12.8 Å². The first kappa shape index (κ1) is 24.6. The molecule has 2 N–H and O–H groups in total. The van der Waals surface area contributed by atoms with Crippen LogP contribution in [0.1, 0.15) is 26.7 Å². The molecule has 0 aromatic heterocycles. The number of carbonyl (C=O) groups excluding carboxylic acids is 4. The highest BCUT2D eigenvalue weighted by Gasteiger charge is 2.16. The number of carbonyl (C=O) groups is 4. The number of methoxy groups -OCH3 is 2. The third kappa shape index (κ3) is 12.0. The Bertz CT molecular complexity index is 611. The minimum atomic E-state index is -0.803. The quantitative estimate of drug-likeness (QED) is 0.260. The van der Waals surface area contributed by atoms with Crippen LogP contribution in [0.5, 0.6) is 0 Å². The van der Waals surface area contributed by atoms with Crippen LogP contribution in [0.2, 0.25) is 0 Å². The number of rotatable bonds is 8. The Morgan fingerprint density at radius 3 is 1.43 bits per heavy atom. The van der Waals surface area contributed by atoms with Crippen LogP contribution in [0.4, 0.5) is 9.59 Å². The minimum Gasteiger partial charge on any atom is -0.467 e. The molecule has 10 nitrogen and oxygen atoms in total. The van der Waals surface area contributed by atoms with E-state index in [-0.39, 0.29) is 26.1 Å². The topological polar surface area (TPSA) is 129 Å². The molecule has 0 spiro atoms. The van der Waals surface area contributed by atoms with Gasteiger partial charge in [0.25, 0.3) is 0 Å². The fourth-order valence-corrected chi connectivity index (χ4v) is 1.51. The van der Waals surface area contributed by atoms with Crippen molar-refractivity contribution in [3.05, 3.63) is 0 Å². The van der Waals surface area contributed by atoms with E-state index in [0.29, 0.717) is 0 Å². The zero-order valence-corrected chi connectivity index (χ0v) is 16.2. The van der Waals surface area contributed by atoms with Gasteiger partial charge in [0.2, 0.25) is 0 Å². The summed E-state index contributed by atoms with van der Waals surface area (Å²) in [7, 11) is 2.43. The van der Waals surface area contributed by atoms with Crippen molar-refractivity contribution in [1.82, 2.24) is 10.6 Å². The van der Waals surface area contributed by atoms with Crippen LogP contribution >= 0.6 is 0 Å². The molecule has 0 saturated heterocycles. The van der Waals surface area contributed by atoms with E-state index in [1.54, 1.807) is 0 Å². The highest BCUT2D eigenvalue weighted by Crippen LogP contribution is 1.90. The van der Waals surface area contributed by atoms with Gasteiger partial charge in [-0.15, -0.1) is 0 Å². The molecule has 0 bridgehead atoms. The molecule has 0 unspecified atom stereocenters.